The number of amides is 1. The Hall–Kier alpha value is -2.56. The SMILES string of the molecule is COC(=O)c1ccc(NC(=O)c2cccn2C(C)C)cc1. The standard InChI is InChI=1S/C16H18N2O3/c1-11(2)18-10-4-5-14(18)15(19)17-13-8-6-12(7-9-13)16(20)21-3/h4-11H,1-3H3,(H,17,19). The van der Waals surface area contributed by atoms with Gasteiger partial charge in [0, 0.05) is 17.9 Å². The average molecular weight is 286 g/mol. The Labute approximate surface area is 123 Å². The number of hydrogen-bond acceptors (Lipinski definition) is 3. The quantitative estimate of drug-likeness (QED) is 0.878. The summed E-state index contributed by atoms with van der Waals surface area (Å²) in [5.74, 6) is -0.582. The highest BCUT2D eigenvalue weighted by atomic mass is 16.5. The molecule has 2 rings (SSSR count). The summed E-state index contributed by atoms with van der Waals surface area (Å²) in [6, 6.07) is 10.4. The molecule has 0 fully saturated rings. The van der Waals surface area contributed by atoms with Gasteiger partial charge in [-0.15, -0.1) is 0 Å². The summed E-state index contributed by atoms with van der Waals surface area (Å²) in [5.41, 5.74) is 1.67. The number of carbonyl (C=O) groups excluding carboxylic acids is 2. The minimum Gasteiger partial charge on any atom is -0.465 e. The lowest BCUT2D eigenvalue weighted by Crippen LogP contribution is -2.17. The van der Waals surface area contributed by atoms with Crippen LogP contribution in [0.3, 0.4) is 0 Å². The van der Waals surface area contributed by atoms with E-state index >= 15 is 0 Å². The van der Waals surface area contributed by atoms with E-state index in [0.29, 0.717) is 16.9 Å². The van der Waals surface area contributed by atoms with Crippen LogP contribution in [-0.4, -0.2) is 23.6 Å². The van der Waals surface area contributed by atoms with E-state index in [9.17, 15) is 9.59 Å². The van der Waals surface area contributed by atoms with E-state index in [1.165, 1.54) is 7.11 Å². The van der Waals surface area contributed by atoms with E-state index in [2.05, 4.69) is 10.1 Å². The molecule has 0 aliphatic carbocycles. The Bertz CT molecular complexity index is 642. The number of carbonyl (C=O) groups is 2. The first-order valence-corrected chi connectivity index (χ1v) is 6.69. The average Bonchev–Trinajstić information content (AvgIpc) is 2.97. The Balaban J connectivity index is 2.12. The first-order valence-electron chi connectivity index (χ1n) is 6.69. The zero-order valence-electron chi connectivity index (χ0n) is 12.3. The highest BCUT2D eigenvalue weighted by Crippen LogP contribution is 2.15. The second-order valence-corrected chi connectivity index (χ2v) is 4.92. The summed E-state index contributed by atoms with van der Waals surface area (Å²) in [6.07, 6.45) is 1.87. The normalized spacial score (nSPS) is 10.5. The summed E-state index contributed by atoms with van der Waals surface area (Å²) in [6.45, 7) is 4.03. The molecule has 0 radical (unpaired) electrons. The highest BCUT2D eigenvalue weighted by molar-refractivity contribution is 6.03. The minimum absolute atomic E-state index is 0.181. The summed E-state index contributed by atoms with van der Waals surface area (Å²) in [7, 11) is 1.33. The Morgan fingerprint density at radius 2 is 1.81 bits per heavy atom. The van der Waals surface area contributed by atoms with E-state index in [1.54, 1.807) is 30.3 Å². The van der Waals surface area contributed by atoms with Crippen LogP contribution in [0.5, 0.6) is 0 Å². The fraction of sp³-hybridized carbons (Fsp3) is 0.250. The smallest absolute Gasteiger partial charge is 0.337 e. The number of hydrogen-bond donors (Lipinski definition) is 1. The van der Waals surface area contributed by atoms with Gasteiger partial charge in [0.05, 0.1) is 12.7 Å². The van der Waals surface area contributed by atoms with Crippen LogP contribution in [0.1, 0.15) is 40.7 Å². The number of aromatic nitrogens is 1. The molecule has 5 nitrogen and oxygen atoms in total. The van der Waals surface area contributed by atoms with Gasteiger partial charge in [-0.1, -0.05) is 0 Å². The third kappa shape index (κ3) is 3.31. The monoisotopic (exact) mass is 286 g/mol. The molecule has 0 spiro atoms. The summed E-state index contributed by atoms with van der Waals surface area (Å²) < 4.78 is 6.53. The Kier molecular flexibility index (Phi) is 4.42. The van der Waals surface area contributed by atoms with Gasteiger partial charge in [0.1, 0.15) is 5.69 Å². The van der Waals surface area contributed by atoms with Crippen LogP contribution in [0.25, 0.3) is 0 Å². The largest absolute Gasteiger partial charge is 0.465 e. The number of rotatable bonds is 4. The maximum atomic E-state index is 12.3. The van der Waals surface area contributed by atoms with Gasteiger partial charge in [-0.25, -0.2) is 4.79 Å². The van der Waals surface area contributed by atoms with Crippen molar-refractivity contribution in [3.05, 3.63) is 53.9 Å². The van der Waals surface area contributed by atoms with Gasteiger partial charge in [-0.2, -0.15) is 0 Å². The summed E-state index contributed by atoms with van der Waals surface area (Å²) in [4.78, 5) is 23.6. The second-order valence-electron chi connectivity index (χ2n) is 4.92. The van der Waals surface area contributed by atoms with Crippen LogP contribution in [0.2, 0.25) is 0 Å². The van der Waals surface area contributed by atoms with Crippen molar-refractivity contribution in [2.45, 2.75) is 19.9 Å². The number of nitrogens with zero attached hydrogens (tertiary/aromatic N) is 1. The third-order valence-electron chi connectivity index (χ3n) is 3.13. The van der Waals surface area contributed by atoms with E-state index < -0.39 is 5.97 Å². The van der Waals surface area contributed by atoms with Gasteiger partial charge >= 0.3 is 5.97 Å². The van der Waals surface area contributed by atoms with E-state index in [1.807, 2.05) is 30.7 Å². The van der Waals surface area contributed by atoms with E-state index in [0.717, 1.165) is 0 Å². The predicted molar refractivity (Wildman–Crippen MR) is 80.6 cm³/mol. The first-order chi connectivity index (χ1) is 10.0. The third-order valence-corrected chi connectivity index (χ3v) is 3.13. The molecule has 0 saturated heterocycles. The van der Waals surface area contributed by atoms with Crippen molar-refractivity contribution >= 4 is 17.6 Å². The van der Waals surface area contributed by atoms with Gasteiger partial charge < -0.3 is 14.6 Å². The molecule has 0 saturated carbocycles. The molecule has 0 atom stereocenters. The molecular formula is C16H18N2O3. The lowest BCUT2D eigenvalue weighted by Gasteiger charge is -2.13. The molecular weight excluding hydrogens is 268 g/mol. The molecule has 5 heteroatoms. The predicted octanol–water partition coefficient (Wildman–Crippen LogP) is 3.11. The van der Waals surface area contributed by atoms with Crippen LogP contribution in [0, 0.1) is 0 Å². The molecule has 0 unspecified atom stereocenters. The maximum absolute atomic E-state index is 12.3. The van der Waals surface area contributed by atoms with Crippen LogP contribution < -0.4 is 5.32 Å². The van der Waals surface area contributed by atoms with E-state index in [4.69, 9.17) is 0 Å². The number of ether oxygens (including phenoxy) is 1. The number of anilines is 1. The van der Waals surface area contributed by atoms with Gasteiger partial charge in [0.2, 0.25) is 0 Å². The zero-order chi connectivity index (χ0) is 15.4. The van der Waals surface area contributed by atoms with Crippen molar-refractivity contribution in [3.63, 3.8) is 0 Å². The van der Waals surface area contributed by atoms with Crippen molar-refractivity contribution < 1.29 is 14.3 Å². The first kappa shape index (κ1) is 14.8. The van der Waals surface area contributed by atoms with Crippen LogP contribution in [-0.2, 0) is 4.74 Å². The van der Waals surface area contributed by atoms with Crippen LogP contribution in [0.4, 0.5) is 5.69 Å². The molecule has 1 aromatic carbocycles. The van der Waals surface area contributed by atoms with Crippen molar-refractivity contribution in [3.8, 4) is 0 Å². The van der Waals surface area contributed by atoms with Gasteiger partial charge in [0.15, 0.2) is 0 Å². The molecule has 0 aliphatic heterocycles. The number of benzene rings is 1. The summed E-state index contributed by atoms with van der Waals surface area (Å²) >= 11 is 0. The molecule has 1 heterocycles. The van der Waals surface area contributed by atoms with Gasteiger partial charge in [-0.3, -0.25) is 4.79 Å². The molecule has 1 amide bonds. The lowest BCUT2D eigenvalue weighted by molar-refractivity contribution is 0.0600. The molecule has 21 heavy (non-hydrogen) atoms. The number of esters is 1. The number of nitrogens with one attached hydrogen (secondary N) is 1. The fourth-order valence-electron chi connectivity index (χ4n) is 2.04. The van der Waals surface area contributed by atoms with Crippen LogP contribution >= 0.6 is 0 Å². The lowest BCUT2D eigenvalue weighted by atomic mass is 10.2. The molecule has 2 aromatic rings. The fourth-order valence-corrected chi connectivity index (χ4v) is 2.04. The van der Waals surface area contributed by atoms with Crippen molar-refractivity contribution in [2.24, 2.45) is 0 Å². The van der Waals surface area contributed by atoms with Crippen LogP contribution in [0.15, 0.2) is 42.6 Å². The summed E-state index contributed by atoms with van der Waals surface area (Å²) in [5, 5.41) is 2.81. The Morgan fingerprint density at radius 3 is 2.38 bits per heavy atom. The second kappa shape index (κ2) is 6.26. The topological polar surface area (TPSA) is 60.3 Å². The van der Waals surface area contributed by atoms with Crippen molar-refractivity contribution in [1.82, 2.24) is 4.57 Å². The molecule has 1 aromatic heterocycles. The van der Waals surface area contributed by atoms with Gasteiger partial charge in [-0.05, 0) is 50.2 Å². The number of methoxy groups -OCH3 is 1. The molecule has 0 bridgehead atoms. The van der Waals surface area contributed by atoms with Crippen molar-refractivity contribution in [2.75, 3.05) is 12.4 Å². The minimum atomic E-state index is -0.401. The van der Waals surface area contributed by atoms with E-state index in [-0.39, 0.29) is 11.9 Å². The maximum Gasteiger partial charge on any atom is 0.337 e. The molecule has 1 N–H and O–H groups in total. The molecule has 110 valence electrons. The molecule has 0 aliphatic rings. The zero-order valence-corrected chi connectivity index (χ0v) is 12.3. The Morgan fingerprint density at radius 1 is 1.14 bits per heavy atom. The van der Waals surface area contributed by atoms with Crippen molar-refractivity contribution in [1.29, 1.82) is 0 Å². The highest BCUT2D eigenvalue weighted by Gasteiger charge is 2.13. The van der Waals surface area contributed by atoms with Gasteiger partial charge in [0.25, 0.3) is 5.91 Å².